The monoisotopic (exact) mass is 349 g/mol. The molecule has 5 heteroatoms. The van der Waals surface area contributed by atoms with Gasteiger partial charge in [-0.3, -0.25) is 0 Å². The van der Waals surface area contributed by atoms with E-state index in [1.165, 1.54) is 0 Å². The third kappa shape index (κ3) is 2.78. The van der Waals surface area contributed by atoms with Gasteiger partial charge in [-0.15, -0.1) is 0 Å². The van der Waals surface area contributed by atoms with Crippen molar-refractivity contribution >= 4 is 26.9 Å². The van der Waals surface area contributed by atoms with Crippen molar-refractivity contribution in [3.05, 3.63) is 30.0 Å². The van der Waals surface area contributed by atoms with Crippen LogP contribution in [-0.4, -0.2) is 25.2 Å². The highest BCUT2D eigenvalue weighted by molar-refractivity contribution is 9.09. The molecule has 0 bridgehead atoms. The summed E-state index contributed by atoms with van der Waals surface area (Å²) in [7, 11) is 0. The summed E-state index contributed by atoms with van der Waals surface area (Å²) in [6.07, 6.45) is 1.91. The fraction of sp³-hybridized carbons (Fsp3) is 0.438. The molecule has 2 heterocycles. The van der Waals surface area contributed by atoms with Gasteiger partial charge in [0.15, 0.2) is 5.75 Å². The molecular formula is C16H16BrNO3. The second kappa shape index (κ2) is 6.08. The first-order valence-electron chi connectivity index (χ1n) is 6.96. The summed E-state index contributed by atoms with van der Waals surface area (Å²) in [5.74, 6) is 0.799. The van der Waals surface area contributed by atoms with Crippen LogP contribution < -0.4 is 4.74 Å². The van der Waals surface area contributed by atoms with Crippen LogP contribution in [0.15, 0.2) is 28.7 Å². The van der Waals surface area contributed by atoms with Crippen LogP contribution in [0.4, 0.5) is 0 Å². The third-order valence-corrected chi connectivity index (χ3v) is 5.20. The van der Waals surface area contributed by atoms with Crippen LogP contribution in [0.3, 0.4) is 0 Å². The summed E-state index contributed by atoms with van der Waals surface area (Å²) in [5.41, 5.74) is 0.743. The van der Waals surface area contributed by atoms with Crippen molar-refractivity contribution in [1.29, 1.82) is 5.26 Å². The molecule has 1 aromatic carbocycles. The van der Waals surface area contributed by atoms with Gasteiger partial charge >= 0.3 is 0 Å². The van der Waals surface area contributed by atoms with E-state index in [9.17, 15) is 5.26 Å². The zero-order valence-electron chi connectivity index (χ0n) is 11.6. The van der Waals surface area contributed by atoms with Gasteiger partial charge in [0, 0.05) is 24.0 Å². The van der Waals surface area contributed by atoms with E-state index in [0.29, 0.717) is 17.9 Å². The quantitative estimate of drug-likeness (QED) is 0.786. The Morgan fingerprint density at radius 2 is 2.05 bits per heavy atom. The number of furan rings is 1. The second-order valence-electron chi connectivity index (χ2n) is 5.40. The first kappa shape index (κ1) is 14.4. The molecule has 0 unspecified atom stereocenters. The molecule has 1 aliphatic rings. The van der Waals surface area contributed by atoms with Crippen molar-refractivity contribution in [3.63, 3.8) is 0 Å². The number of halogens is 1. The first-order chi connectivity index (χ1) is 10.3. The predicted octanol–water partition coefficient (Wildman–Crippen LogP) is 3.87. The maximum absolute atomic E-state index is 9.22. The molecule has 110 valence electrons. The number of hydrogen-bond donors (Lipinski definition) is 0. The molecule has 0 amide bonds. The number of para-hydroxylation sites is 1. The largest absolute Gasteiger partial charge is 0.488 e. The van der Waals surface area contributed by atoms with Gasteiger partial charge in [0.2, 0.25) is 5.76 Å². The maximum atomic E-state index is 9.22. The number of nitrogens with zero attached hydrogens (tertiary/aromatic N) is 1. The van der Waals surface area contributed by atoms with Gasteiger partial charge in [0.05, 0.1) is 12.0 Å². The lowest BCUT2D eigenvalue weighted by Gasteiger charge is -2.35. The minimum atomic E-state index is 0.0589. The smallest absolute Gasteiger partial charge is 0.246 e. The molecule has 0 spiro atoms. The van der Waals surface area contributed by atoms with E-state index in [2.05, 4.69) is 22.0 Å². The Balaban J connectivity index is 1.86. The van der Waals surface area contributed by atoms with E-state index < -0.39 is 0 Å². The molecule has 1 aliphatic heterocycles. The van der Waals surface area contributed by atoms with E-state index in [1.807, 2.05) is 24.3 Å². The van der Waals surface area contributed by atoms with Crippen LogP contribution in [0.2, 0.25) is 0 Å². The number of ether oxygens (including phenoxy) is 2. The number of fused-ring (bicyclic) bond motifs is 1. The zero-order valence-corrected chi connectivity index (χ0v) is 13.2. The minimum Gasteiger partial charge on any atom is -0.488 e. The van der Waals surface area contributed by atoms with Crippen LogP contribution in [-0.2, 0) is 4.74 Å². The fourth-order valence-corrected chi connectivity index (χ4v) is 3.31. The highest BCUT2D eigenvalue weighted by atomic mass is 79.9. The van der Waals surface area contributed by atoms with E-state index in [4.69, 9.17) is 13.9 Å². The molecular weight excluding hydrogens is 334 g/mol. The zero-order chi connectivity index (χ0) is 14.7. The van der Waals surface area contributed by atoms with Crippen molar-refractivity contribution in [2.75, 3.05) is 25.2 Å². The SMILES string of the molecule is N#Cc1oc2ccccc2c1OCC1(CBr)CCOCC1. The molecule has 2 aromatic rings. The van der Waals surface area contributed by atoms with Crippen LogP contribution in [0.5, 0.6) is 5.75 Å². The standard InChI is InChI=1S/C16H16BrNO3/c17-10-16(5-7-19-8-6-16)11-20-15-12-3-1-2-4-13(12)21-14(15)9-18/h1-4H,5-8,10-11H2. The highest BCUT2D eigenvalue weighted by Crippen LogP contribution is 2.37. The average Bonchev–Trinajstić information content (AvgIpc) is 2.91. The predicted molar refractivity (Wildman–Crippen MR) is 82.7 cm³/mol. The van der Waals surface area contributed by atoms with Gasteiger partial charge in [-0.05, 0) is 25.0 Å². The second-order valence-corrected chi connectivity index (χ2v) is 5.96. The average molecular weight is 350 g/mol. The molecule has 0 atom stereocenters. The summed E-state index contributed by atoms with van der Waals surface area (Å²) in [6, 6.07) is 9.64. The maximum Gasteiger partial charge on any atom is 0.246 e. The summed E-state index contributed by atoms with van der Waals surface area (Å²) in [6.45, 7) is 2.07. The highest BCUT2D eigenvalue weighted by Gasteiger charge is 2.33. The molecule has 0 aliphatic carbocycles. The Morgan fingerprint density at radius 3 is 2.76 bits per heavy atom. The minimum absolute atomic E-state index is 0.0589. The molecule has 21 heavy (non-hydrogen) atoms. The van der Waals surface area contributed by atoms with Gasteiger partial charge < -0.3 is 13.9 Å². The van der Waals surface area contributed by atoms with Gasteiger partial charge in [0.25, 0.3) is 0 Å². The Kier molecular flexibility index (Phi) is 4.18. The van der Waals surface area contributed by atoms with Gasteiger partial charge in [-0.2, -0.15) is 5.26 Å². The lowest BCUT2D eigenvalue weighted by molar-refractivity contribution is 0.00362. The number of hydrogen-bond acceptors (Lipinski definition) is 4. The Hall–Kier alpha value is -1.51. The van der Waals surface area contributed by atoms with Crippen molar-refractivity contribution < 1.29 is 13.9 Å². The number of alkyl halides is 1. The normalized spacial score (nSPS) is 17.5. The molecule has 0 saturated carbocycles. The van der Waals surface area contributed by atoms with Gasteiger partial charge in [-0.25, -0.2) is 0 Å². The van der Waals surface area contributed by atoms with Crippen molar-refractivity contribution in [1.82, 2.24) is 0 Å². The lowest BCUT2D eigenvalue weighted by atomic mass is 9.83. The Bertz CT molecular complexity index is 668. The third-order valence-electron chi connectivity index (χ3n) is 4.01. The molecule has 0 N–H and O–H groups in total. The molecule has 3 rings (SSSR count). The van der Waals surface area contributed by atoms with Crippen LogP contribution >= 0.6 is 15.9 Å². The van der Waals surface area contributed by atoms with Crippen molar-refractivity contribution in [3.8, 4) is 11.8 Å². The number of rotatable bonds is 4. The topological polar surface area (TPSA) is 55.4 Å². The van der Waals surface area contributed by atoms with Crippen molar-refractivity contribution in [2.45, 2.75) is 12.8 Å². The Morgan fingerprint density at radius 1 is 1.29 bits per heavy atom. The molecule has 1 fully saturated rings. The van der Waals surface area contributed by atoms with Gasteiger partial charge in [-0.1, -0.05) is 28.1 Å². The molecule has 1 aromatic heterocycles. The molecule has 4 nitrogen and oxygen atoms in total. The molecule has 0 radical (unpaired) electrons. The van der Waals surface area contributed by atoms with E-state index in [-0.39, 0.29) is 11.2 Å². The van der Waals surface area contributed by atoms with Gasteiger partial charge in [0.1, 0.15) is 11.7 Å². The summed E-state index contributed by atoms with van der Waals surface area (Å²) in [4.78, 5) is 0. The fourth-order valence-electron chi connectivity index (χ4n) is 2.58. The van der Waals surface area contributed by atoms with Crippen LogP contribution in [0, 0.1) is 16.7 Å². The van der Waals surface area contributed by atoms with E-state index >= 15 is 0 Å². The van der Waals surface area contributed by atoms with Crippen LogP contribution in [0.25, 0.3) is 11.0 Å². The number of benzene rings is 1. The van der Waals surface area contributed by atoms with E-state index in [0.717, 1.165) is 36.8 Å². The van der Waals surface area contributed by atoms with Crippen LogP contribution in [0.1, 0.15) is 18.6 Å². The summed E-state index contributed by atoms with van der Waals surface area (Å²) >= 11 is 3.59. The van der Waals surface area contributed by atoms with Crippen molar-refractivity contribution in [2.24, 2.45) is 5.41 Å². The summed E-state index contributed by atoms with van der Waals surface area (Å²) < 4.78 is 17.0. The molecule has 1 saturated heterocycles. The summed E-state index contributed by atoms with van der Waals surface area (Å²) in [5, 5.41) is 10.9. The lowest BCUT2D eigenvalue weighted by Crippen LogP contribution is -2.36. The first-order valence-corrected chi connectivity index (χ1v) is 8.08. The number of nitriles is 1. The van der Waals surface area contributed by atoms with E-state index in [1.54, 1.807) is 0 Å². The Labute approximate surface area is 131 Å².